The van der Waals surface area contributed by atoms with Crippen LogP contribution in [0.15, 0.2) is 36.4 Å². The molecule has 0 bridgehead atoms. The van der Waals surface area contributed by atoms with E-state index in [4.69, 9.17) is 15.2 Å². The van der Waals surface area contributed by atoms with E-state index in [1.807, 2.05) is 29.2 Å². The number of carbonyl (C=O) groups is 1. The summed E-state index contributed by atoms with van der Waals surface area (Å²) in [5.74, 6) is 0.182. The van der Waals surface area contributed by atoms with Crippen LogP contribution in [0.4, 0.5) is 5.69 Å². The Morgan fingerprint density at radius 3 is 2.78 bits per heavy atom. The van der Waals surface area contributed by atoms with Crippen molar-refractivity contribution < 1.29 is 19.2 Å². The van der Waals surface area contributed by atoms with E-state index in [0.29, 0.717) is 36.4 Å². The van der Waals surface area contributed by atoms with Crippen molar-refractivity contribution in [2.24, 2.45) is 5.73 Å². The first-order valence-electron chi connectivity index (χ1n) is 8.64. The molecule has 0 saturated heterocycles. The van der Waals surface area contributed by atoms with Gasteiger partial charge in [-0.1, -0.05) is 24.3 Å². The fourth-order valence-electron chi connectivity index (χ4n) is 3.75. The zero-order valence-electron chi connectivity index (χ0n) is 14.6. The minimum atomic E-state index is -0.477. The number of ether oxygens (including phenoxy) is 2. The number of fused-ring (bicyclic) bond motifs is 2. The molecule has 0 saturated carbocycles. The van der Waals surface area contributed by atoms with Crippen molar-refractivity contribution in [2.75, 3.05) is 6.79 Å². The molecule has 0 aromatic heterocycles. The molecule has 2 aliphatic heterocycles. The first-order valence-corrected chi connectivity index (χ1v) is 8.64. The Morgan fingerprint density at radius 2 is 2.04 bits per heavy atom. The molecule has 0 radical (unpaired) electrons. The summed E-state index contributed by atoms with van der Waals surface area (Å²) in [5, 5.41) is 11.3. The highest BCUT2D eigenvalue weighted by molar-refractivity contribution is 5.80. The Balaban J connectivity index is 1.71. The first-order chi connectivity index (χ1) is 13.0. The van der Waals surface area contributed by atoms with Gasteiger partial charge in [0.15, 0.2) is 6.79 Å². The molecule has 2 aliphatic rings. The summed E-state index contributed by atoms with van der Waals surface area (Å²) in [6, 6.07) is 10.4. The molecule has 2 heterocycles. The number of nitro benzene ring substituents is 1. The van der Waals surface area contributed by atoms with E-state index >= 15 is 0 Å². The normalized spacial score (nSPS) is 18.9. The van der Waals surface area contributed by atoms with E-state index in [2.05, 4.69) is 0 Å². The average Bonchev–Trinajstić information content (AvgIpc) is 2.67. The lowest BCUT2D eigenvalue weighted by molar-refractivity contribution is -0.385. The summed E-state index contributed by atoms with van der Waals surface area (Å²) in [5.41, 5.74) is 9.14. The van der Waals surface area contributed by atoms with E-state index in [-0.39, 0.29) is 19.1 Å². The van der Waals surface area contributed by atoms with Crippen LogP contribution in [0.25, 0.3) is 0 Å². The Hall–Kier alpha value is -2.97. The van der Waals surface area contributed by atoms with Gasteiger partial charge < -0.3 is 15.2 Å². The quantitative estimate of drug-likeness (QED) is 0.651. The van der Waals surface area contributed by atoms with Crippen molar-refractivity contribution >= 4 is 11.6 Å². The van der Waals surface area contributed by atoms with E-state index in [9.17, 15) is 14.9 Å². The van der Waals surface area contributed by atoms with Gasteiger partial charge in [0.25, 0.3) is 5.69 Å². The number of nitro groups is 1. The SMILES string of the molecule is NC(=O)C1Cc2ccccc2CN1Cc1cc([N+](=O)[O-])cc2c1OCOC2. The molecule has 1 unspecified atom stereocenters. The van der Waals surface area contributed by atoms with Crippen LogP contribution in [0, 0.1) is 10.1 Å². The molecule has 0 aliphatic carbocycles. The second-order valence-electron chi connectivity index (χ2n) is 6.76. The van der Waals surface area contributed by atoms with Crippen LogP contribution in [0.5, 0.6) is 5.75 Å². The maximum absolute atomic E-state index is 12.0. The van der Waals surface area contributed by atoms with Gasteiger partial charge in [0, 0.05) is 36.3 Å². The monoisotopic (exact) mass is 369 g/mol. The lowest BCUT2D eigenvalue weighted by atomic mass is 9.93. The minimum Gasteiger partial charge on any atom is -0.467 e. The molecule has 140 valence electrons. The second-order valence-corrected chi connectivity index (χ2v) is 6.76. The predicted octanol–water partition coefficient (Wildman–Crippen LogP) is 1.87. The van der Waals surface area contributed by atoms with Crippen LogP contribution >= 0.6 is 0 Å². The van der Waals surface area contributed by atoms with Crippen LogP contribution in [0.2, 0.25) is 0 Å². The third-order valence-corrected chi connectivity index (χ3v) is 5.03. The molecule has 1 atom stereocenters. The minimum absolute atomic E-state index is 0.0223. The van der Waals surface area contributed by atoms with E-state index < -0.39 is 16.9 Å². The van der Waals surface area contributed by atoms with Crippen LogP contribution in [-0.4, -0.2) is 28.6 Å². The van der Waals surface area contributed by atoms with Crippen LogP contribution in [-0.2, 0) is 35.6 Å². The smallest absolute Gasteiger partial charge is 0.270 e. The number of rotatable bonds is 4. The molecule has 1 amide bonds. The van der Waals surface area contributed by atoms with Gasteiger partial charge in [-0.15, -0.1) is 0 Å². The largest absolute Gasteiger partial charge is 0.467 e. The van der Waals surface area contributed by atoms with Crippen LogP contribution in [0.3, 0.4) is 0 Å². The number of nitrogens with two attached hydrogens (primary N) is 1. The first kappa shape index (κ1) is 17.4. The van der Waals surface area contributed by atoms with Gasteiger partial charge in [0.1, 0.15) is 5.75 Å². The van der Waals surface area contributed by atoms with Crippen molar-refractivity contribution in [2.45, 2.75) is 32.2 Å². The summed E-state index contributed by atoms with van der Waals surface area (Å²) in [7, 11) is 0. The highest BCUT2D eigenvalue weighted by Crippen LogP contribution is 2.35. The molecule has 0 spiro atoms. The highest BCUT2D eigenvalue weighted by atomic mass is 16.7. The Bertz CT molecular complexity index is 914. The molecule has 8 nitrogen and oxygen atoms in total. The number of hydrogen-bond acceptors (Lipinski definition) is 6. The summed E-state index contributed by atoms with van der Waals surface area (Å²) >= 11 is 0. The van der Waals surface area contributed by atoms with Crippen molar-refractivity contribution in [3.05, 3.63) is 68.8 Å². The molecule has 4 rings (SSSR count). The summed E-state index contributed by atoms with van der Waals surface area (Å²) in [4.78, 5) is 24.9. The zero-order valence-corrected chi connectivity index (χ0v) is 14.6. The number of carbonyl (C=O) groups excluding carboxylic acids is 1. The number of hydrogen-bond donors (Lipinski definition) is 1. The van der Waals surface area contributed by atoms with E-state index in [1.54, 1.807) is 0 Å². The Morgan fingerprint density at radius 1 is 1.26 bits per heavy atom. The molecular formula is C19H19N3O5. The van der Waals surface area contributed by atoms with E-state index in [1.165, 1.54) is 12.1 Å². The number of primary amides is 1. The summed E-state index contributed by atoms with van der Waals surface area (Å²) in [6.45, 7) is 1.22. The lowest BCUT2D eigenvalue weighted by Gasteiger charge is -2.35. The third-order valence-electron chi connectivity index (χ3n) is 5.03. The summed E-state index contributed by atoms with van der Waals surface area (Å²) in [6.07, 6.45) is 0.520. The molecule has 0 fully saturated rings. The number of non-ortho nitro benzene ring substituents is 1. The molecule has 2 aromatic rings. The number of nitrogens with zero attached hydrogens (tertiary/aromatic N) is 2. The maximum atomic E-state index is 12.0. The van der Waals surface area contributed by atoms with Gasteiger partial charge in [-0.2, -0.15) is 0 Å². The van der Waals surface area contributed by atoms with Crippen molar-refractivity contribution in [3.8, 4) is 5.75 Å². The highest BCUT2D eigenvalue weighted by Gasteiger charge is 2.32. The number of amides is 1. The topological polar surface area (TPSA) is 108 Å². The molecule has 2 N–H and O–H groups in total. The average molecular weight is 369 g/mol. The lowest BCUT2D eigenvalue weighted by Crippen LogP contribution is -2.48. The Labute approximate surface area is 155 Å². The van der Waals surface area contributed by atoms with Crippen molar-refractivity contribution in [1.29, 1.82) is 0 Å². The van der Waals surface area contributed by atoms with E-state index in [0.717, 1.165) is 11.1 Å². The van der Waals surface area contributed by atoms with Gasteiger partial charge in [0.2, 0.25) is 5.91 Å². The van der Waals surface area contributed by atoms with Gasteiger partial charge in [-0.25, -0.2) is 0 Å². The Kier molecular flexibility index (Phi) is 4.51. The van der Waals surface area contributed by atoms with Gasteiger partial charge in [-0.3, -0.25) is 19.8 Å². The second kappa shape index (κ2) is 6.98. The van der Waals surface area contributed by atoms with Gasteiger partial charge >= 0.3 is 0 Å². The maximum Gasteiger partial charge on any atom is 0.270 e. The van der Waals surface area contributed by atoms with Gasteiger partial charge in [-0.05, 0) is 17.5 Å². The molecule has 8 heteroatoms. The third kappa shape index (κ3) is 3.36. The predicted molar refractivity (Wildman–Crippen MR) is 95.8 cm³/mol. The standard InChI is InChI=1S/C19H19N3O5/c20-19(23)17-7-12-3-1-2-4-13(12)8-21(17)9-14-5-16(22(24)25)6-15-10-26-11-27-18(14)15/h1-6,17H,7-11H2,(H2,20,23). The van der Waals surface area contributed by atoms with Crippen LogP contribution in [0.1, 0.15) is 22.3 Å². The zero-order chi connectivity index (χ0) is 19.0. The number of benzene rings is 2. The molecule has 2 aromatic carbocycles. The van der Waals surface area contributed by atoms with Crippen molar-refractivity contribution in [1.82, 2.24) is 4.90 Å². The molecule has 27 heavy (non-hydrogen) atoms. The van der Waals surface area contributed by atoms with Crippen LogP contribution < -0.4 is 10.5 Å². The fourth-order valence-corrected chi connectivity index (χ4v) is 3.75. The fraction of sp³-hybridized carbons (Fsp3) is 0.316. The van der Waals surface area contributed by atoms with Gasteiger partial charge in [0.05, 0.1) is 17.6 Å². The summed E-state index contributed by atoms with van der Waals surface area (Å²) < 4.78 is 10.9. The molecular weight excluding hydrogens is 350 g/mol. The van der Waals surface area contributed by atoms with Crippen molar-refractivity contribution in [3.63, 3.8) is 0 Å².